The first-order valence-electron chi connectivity index (χ1n) is 14.1. The van der Waals surface area contributed by atoms with Gasteiger partial charge in [0.15, 0.2) is 0 Å². The second-order valence-electron chi connectivity index (χ2n) is 10.1. The van der Waals surface area contributed by atoms with Crippen LogP contribution in [-0.2, 0) is 38.6 Å². The van der Waals surface area contributed by atoms with E-state index in [1.54, 1.807) is 32.2 Å². The van der Waals surface area contributed by atoms with Gasteiger partial charge in [0.1, 0.15) is 24.9 Å². The van der Waals surface area contributed by atoms with Crippen LogP contribution >= 0.6 is 23.2 Å². The van der Waals surface area contributed by atoms with E-state index in [-0.39, 0.29) is 61.7 Å². The van der Waals surface area contributed by atoms with E-state index in [2.05, 4.69) is 15.6 Å². The number of ether oxygens (including phenoxy) is 2. The largest absolute Gasteiger partial charge is 0.497 e. The molecule has 0 radical (unpaired) electrons. The minimum atomic E-state index is -0.892. The number of piperazine rings is 1. The van der Waals surface area contributed by atoms with Crippen molar-refractivity contribution in [3.05, 3.63) is 93.5 Å². The summed E-state index contributed by atoms with van der Waals surface area (Å²) in [7, 11) is 1.56. The third kappa shape index (κ3) is 9.19. The average Bonchev–Trinajstić information content (AvgIpc) is 3.03. The predicted octanol–water partition coefficient (Wildman–Crippen LogP) is 4.51. The van der Waals surface area contributed by atoms with Crippen molar-refractivity contribution in [3.63, 3.8) is 0 Å². The van der Waals surface area contributed by atoms with Gasteiger partial charge in [-0.1, -0.05) is 65.7 Å². The third-order valence-corrected chi connectivity index (χ3v) is 7.62. The van der Waals surface area contributed by atoms with Gasteiger partial charge >= 0.3 is 6.09 Å². The van der Waals surface area contributed by atoms with Crippen molar-refractivity contribution in [2.24, 2.45) is 4.99 Å². The number of rotatable bonds is 12. The fourth-order valence-corrected chi connectivity index (χ4v) is 5.21. The van der Waals surface area contributed by atoms with E-state index < -0.39 is 18.0 Å². The number of methoxy groups -OCH3 is 1. The molecule has 3 aromatic rings. The maximum absolute atomic E-state index is 13.8. The maximum Gasteiger partial charge on any atom is 0.412 e. The summed E-state index contributed by atoms with van der Waals surface area (Å²) in [6.07, 6.45) is 0.668. The molecule has 1 unspecified atom stereocenters. The zero-order valence-corrected chi connectivity index (χ0v) is 26.3. The van der Waals surface area contributed by atoms with Gasteiger partial charge in [-0.25, -0.2) is 9.79 Å². The van der Waals surface area contributed by atoms with Gasteiger partial charge in [-0.2, -0.15) is 0 Å². The lowest BCUT2D eigenvalue weighted by Gasteiger charge is -2.40. The molecular weight excluding hydrogens is 621 g/mol. The van der Waals surface area contributed by atoms with Gasteiger partial charge in [0.05, 0.1) is 30.8 Å². The van der Waals surface area contributed by atoms with Gasteiger partial charge < -0.3 is 24.6 Å². The van der Waals surface area contributed by atoms with E-state index in [1.165, 1.54) is 15.9 Å². The highest BCUT2D eigenvalue weighted by atomic mass is 35.5. The molecule has 1 heterocycles. The number of carbonyl (C=O) groups excluding carboxylic acids is 4. The third-order valence-electron chi connectivity index (χ3n) is 6.97. The van der Waals surface area contributed by atoms with E-state index in [9.17, 15) is 19.2 Å². The number of benzene rings is 3. The highest BCUT2D eigenvalue weighted by molar-refractivity contribution is 6.36. The SMILES string of the molecule is CCOC(=O)NC=Nc1cc(Cl)cc(CNC(=O)CN2C(=O)CN(Cc3ccccc3)C(=O)C2Cc2ccc(OC)cc2)c1Cl. The summed E-state index contributed by atoms with van der Waals surface area (Å²) in [5.41, 5.74) is 2.43. The zero-order valence-electron chi connectivity index (χ0n) is 24.8. The number of aliphatic imine (C=N–C) groups is 1. The van der Waals surface area contributed by atoms with E-state index >= 15 is 0 Å². The molecule has 2 N–H and O–H groups in total. The summed E-state index contributed by atoms with van der Waals surface area (Å²) in [4.78, 5) is 58.8. The van der Waals surface area contributed by atoms with Crippen LogP contribution in [0.4, 0.5) is 10.5 Å². The van der Waals surface area contributed by atoms with Crippen molar-refractivity contribution in [2.75, 3.05) is 26.8 Å². The lowest BCUT2D eigenvalue weighted by atomic mass is 10.00. The molecule has 45 heavy (non-hydrogen) atoms. The van der Waals surface area contributed by atoms with Gasteiger partial charge in [0.2, 0.25) is 17.7 Å². The number of amides is 4. The molecule has 0 aromatic heterocycles. The lowest BCUT2D eigenvalue weighted by molar-refractivity contribution is -0.157. The summed E-state index contributed by atoms with van der Waals surface area (Å²) in [5, 5.41) is 5.62. The van der Waals surface area contributed by atoms with Gasteiger partial charge in [-0.05, 0) is 47.9 Å². The van der Waals surface area contributed by atoms with Crippen LogP contribution in [0.3, 0.4) is 0 Å². The van der Waals surface area contributed by atoms with Crippen LogP contribution in [0.2, 0.25) is 10.0 Å². The number of nitrogens with zero attached hydrogens (tertiary/aromatic N) is 3. The molecule has 4 amide bonds. The molecule has 0 spiro atoms. The zero-order chi connectivity index (χ0) is 32.3. The molecule has 1 fully saturated rings. The monoisotopic (exact) mass is 653 g/mol. The van der Waals surface area contributed by atoms with Gasteiger partial charge in [0.25, 0.3) is 0 Å². The highest BCUT2D eigenvalue weighted by Crippen LogP contribution is 2.32. The molecule has 0 bridgehead atoms. The standard InChI is InChI=1S/C32H33Cl2N5O6/c1-3-45-32(43)37-20-36-26-15-24(33)14-23(30(26)34)16-35-28(40)18-39-27(13-21-9-11-25(44-2)12-10-21)31(42)38(19-29(39)41)17-22-7-5-4-6-8-22/h4-12,14-15,20,27H,3,13,16-19H2,1-2H3,(H,35,40)(H,36,37,43). The molecule has 236 valence electrons. The molecule has 1 saturated heterocycles. The summed E-state index contributed by atoms with van der Waals surface area (Å²) in [6.45, 7) is 1.64. The van der Waals surface area contributed by atoms with Crippen molar-refractivity contribution in [1.82, 2.24) is 20.4 Å². The summed E-state index contributed by atoms with van der Waals surface area (Å²) >= 11 is 12.7. The van der Waals surface area contributed by atoms with Crippen LogP contribution in [-0.4, -0.2) is 72.8 Å². The Labute approximate surface area is 271 Å². The van der Waals surface area contributed by atoms with E-state index in [4.69, 9.17) is 32.7 Å². The number of halogens is 2. The van der Waals surface area contributed by atoms with Crippen LogP contribution in [0.5, 0.6) is 5.75 Å². The molecule has 4 rings (SSSR count). The molecule has 1 atom stereocenters. The molecular formula is C32H33Cl2N5O6. The van der Waals surface area contributed by atoms with Crippen LogP contribution in [0.25, 0.3) is 0 Å². The topological polar surface area (TPSA) is 130 Å². The Hall–Kier alpha value is -4.61. The van der Waals surface area contributed by atoms with Crippen molar-refractivity contribution >= 4 is 59.0 Å². The first-order valence-corrected chi connectivity index (χ1v) is 14.9. The molecule has 11 nitrogen and oxygen atoms in total. The Kier molecular flexibility index (Phi) is 11.8. The van der Waals surface area contributed by atoms with E-state index in [1.807, 2.05) is 42.5 Å². The fraction of sp³-hybridized carbons (Fsp3) is 0.281. The summed E-state index contributed by atoms with van der Waals surface area (Å²) < 4.78 is 10.0. The first kappa shape index (κ1) is 33.3. The number of alkyl carbamates (subject to hydrolysis) is 1. The Bertz CT molecular complexity index is 1550. The number of nitrogens with one attached hydrogen (secondary N) is 2. The minimum Gasteiger partial charge on any atom is -0.497 e. The Balaban J connectivity index is 1.47. The quantitative estimate of drug-likeness (QED) is 0.219. The van der Waals surface area contributed by atoms with Crippen LogP contribution in [0.1, 0.15) is 23.6 Å². The first-order chi connectivity index (χ1) is 21.7. The normalized spacial score (nSPS) is 14.9. The lowest BCUT2D eigenvalue weighted by Crippen LogP contribution is -2.61. The van der Waals surface area contributed by atoms with Crippen molar-refractivity contribution < 1.29 is 28.7 Å². The highest BCUT2D eigenvalue weighted by Gasteiger charge is 2.40. The van der Waals surface area contributed by atoms with E-state index in [0.29, 0.717) is 16.3 Å². The maximum atomic E-state index is 13.8. The fourth-order valence-electron chi connectivity index (χ4n) is 4.75. The van der Waals surface area contributed by atoms with Gasteiger partial charge in [-0.3, -0.25) is 19.7 Å². The van der Waals surface area contributed by atoms with Crippen LogP contribution < -0.4 is 15.4 Å². The van der Waals surface area contributed by atoms with E-state index in [0.717, 1.165) is 17.5 Å². The summed E-state index contributed by atoms with van der Waals surface area (Å²) in [6, 6.07) is 18.8. The molecule has 0 aliphatic carbocycles. The van der Waals surface area contributed by atoms with Crippen molar-refractivity contribution in [1.29, 1.82) is 0 Å². The Morgan fingerprint density at radius 2 is 1.78 bits per heavy atom. The number of hydrogen-bond donors (Lipinski definition) is 2. The Morgan fingerprint density at radius 3 is 2.47 bits per heavy atom. The predicted molar refractivity (Wildman–Crippen MR) is 171 cm³/mol. The van der Waals surface area contributed by atoms with Crippen LogP contribution in [0.15, 0.2) is 71.7 Å². The molecule has 3 aromatic carbocycles. The molecule has 0 saturated carbocycles. The average molecular weight is 655 g/mol. The second kappa shape index (κ2) is 15.9. The van der Waals surface area contributed by atoms with Crippen LogP contribution in [0, 0.1) is 0 Å². The van der Waals surface area contributed by atoms with Gasteiger partial charge in [0, 0.05) is 24.5 Å². The minimum absolute atomic E-state index is 0.0225. The molecule has 13 heteroatoms. The number of hydrogen-bond acceptors (Lipinski definition) is 7. The number of carbonyl (C=O) groups is 4. The summed E-state index contributed by atoms with van der Waals surface area (Å²) in [5.74, 6) is -0.419. The molecule has 1 aliphatic rings. The smallest absolute Gasteiger partial charge is 0.412 e. The van der Waals surface area contributed by atoms with Crippen molar-refractivity contribution in [2.45, 2.75) is 32.5 Å². The molecule has 1 aliphatic heterocycles. The Morgan fingerprint density at radius 1 is 1.04 bits per heavy atom. The van der Waals surface area contributed by atoms with Gasteiger partial charge in [-0.15, -0.1) is 0 Å². The van der Waals surface area contributed by atoms with Crippen molar-refractivity contribution in [3.8, 4) is 5.75 Å². The second-order valence-corrected chi connectivity index (χ2v) is 10.9.